The van der Waals surface area contributed by atoms with Crippen LogP contribution in [0.4, 0.5) is 5.69 Å². The van der Waals surface area contributed by atoms with Gasteiger partial charge >= 0.3 is 0 Å². The zero-order chi connectivity index (χ0) is 17.8. The van der Waals surface area contributed by atoms with Gasteiger partial charge in [-0.25, -0.2) is 4.68 Å². The van der Waals surface area contributed by atoms with Gasteiger partial charge in [0.1, 0.15) is 5.69 Å². The SMILES string of the molecule is CC(Sc1nnc(-c2ccccn2)n1N)C(=O)Nc1cccc(Cl)c1. The van der Waals surface area contributed by atoms with Crippen molar-refractivity contribution in [2.75, 3.05) is 11.2 Å². The van der Waals surface area contributed by atoms with E-state index < -0.39 is 5.25 Å². The third-order valence-electron chi connectivity index (χ3n) is 3.30. The van der Waals surface area contributed by atoms with Crippen LogP contribution in [-0.4, -0.2) is 31.0 Å². The van der Waals surface area contributed by atoms with E-state index in [1.165, 1.54) is 16.4 Å². The van der Waals surface area contributed by atoms with Gasteiger partial charge in [-0.15, -0.1) is 10.2 Å². The largest absolute Gasteiger partial charge is 0.335 e. The molecule has 1 aromatic carbocycles. The maximum atomic E-state index is 12.3. The highest BCUT2D eigenvalue weighted by atomic mass is 35.5. The predicted molar refractivity (Wildman–Crippen MR) is 98.8 cm³/mol. The molecule has 0 saturated heterocycles. The van der Waals surface area contributed by atoms with Crippen molar-refractivity contribution in [3.8, 4) is 11.5 Å². The van der Waals surface area contributed by atoms with E-state index in [1.807, 2.05) is 6.07 Å². The first kappa shape index (κ1) is 17.2. The predicted octanol–water partition coefficient (Wildman–Crippen LogP) is 2.83. The molecule has 0 aliphatic heterocycles. The Morgan fingerprint density at radius 3 is 2.84 bits per heavy atom. The molecule has 0 spiro atoms. The highest BCUT2D eigenvalue weighted by Gasteiger charge is 2.20. The first-order chi connectivity index (χ1) is 12.0. The summed E-state index contributed by atoms with van der Waals surface area (Å²) in [6, 6.07) is 12.4. The maximum Gasteiger partial charge on any atom is 0.237 e. The molecule has 3 rings (SSSR count). The number of nitrogens with zero attached hydrogens (tertiary/aromatic N) is 4. The second-order valence-corrected chi connectivity index (χ2v) is 6.90. The van der Waals surface area contributed by atoms with Crippen LogP contribution in [0, 0.1) is 0 Å². The number of thioether (sulfide) groups is 1. The Morgan fingerprint density at radius 2 is 2.12 bits per heavy atom. The number of hydrogen-bond donors (Lipinski definition) is 2. The average molecular weight is 375 g/mol. The lowest BCUT2D eigenvalue weighted by molar-refractivity contribution is -0.115. The summed E-state index contributed by atoms with van der Waals surface area (Å²) in [7, 11) is 0. The van der Waals surface area contributed by atoms with E-state index in [-0.39, 0.29) is 5.91 Å². The van der Waals surface area contributed by atoms with Crippen molar-refractivity contribution in [1.29, 1.82) is 0 Å². The number of nitrogens with two attached hydrogens (primary N) is 1. The van der Waals surface area contributed by atoms with Crippen LogP contribution in [0.1, 0.15) is 6.92 Å². The van der Waals surface area contributed by atoms with E-state index in [1.54, 1.807) is 49.5 Å². The summed E-state index contributed by atoms with van der Waals surface area (Å²) in [5.41, 5.74) is 1.24. The average Bonchev–Trinajstić information content (AvgIpc) is 2.96. The van der Waals surface area contributed by atoms with Gasteiger partial charge < -0.3 is 11.2 Å². The number of aromatic nitrogens is 4. The smallest absolute Gasteiger partial charge is 0.237 e. The van der Waals surface area contributed by atoms with Crippen LogP contribution >= 0.6 is 23.4 Å². The van der Waals surface area contributed by atoms with Gasteiger partial charge in [-0.3, -0.25) is 9.78 Å². The highest BCUT2D eigenvalue weighted by molar-refractivity contribution is 8.00. The van der Waals surface area contributed by atoms with E-state index in [0.717, 1.165) is 0 Å². The topological polar surface area (TPSA) is 98.7 Å². The molecule has 25 heavy (non-hydrogen) atoms. The molecule has 0 aliphatic rings. The number of anilines is 1. The van der Waals surface area contributed by atoms with Gasteiger partial charge in [0.2, 0.25) is 16.9 Å². The summed E-state index contributed by atoms with van der Waals surface area (Å²) < 4.78 is 1.33. The minimum Gasteiger partial charge on any atom is -0.335 e. The number of hydrogen-bond acceptors (Lipinski definition) is 6. The summed E-state index contributed by atoms with van der Waals surface area (Å²) >= 11 is 7.13. The molecule has 1 amide bonds. The lowest BCUT2D eigenvalue weighted by Crippen LogP contribution is -2.23. The van der Waals surface area contributed by atoms with Crippen LogP contribution in [0.15, 0.2) is 53.8 Å². The first-order valence-electron chi connectivity index (χ1n) is 7.39. The van der Waals surface area contributed by atoms with E-state index >= 15 is 0 Å². The van der Waals surface area contributed by atoms with Crippen molar-refractivity contribution < 1.29 is 4.79 Å². The lowest BCUT2D eigenvalue weighted by atomic mass is 10.3. The summed E-state index contributed by atoms with van der Waals surface area (Å²) in [4.78, 5) is 16.5. The molecule has 0 saturated carbocycles. The van der Waals surface area contributed by atoms with Crippen LogP contribution in [0.25, 0.3) is 11.5 Å². The molecular formula is C16H15ClN6OS. The number of benzene rings is 1. The van der Waals surface area contributed by atoms with E-state index in [2.05, 4.69) is 20.5 Å². The number of rotatable bonds is 5. The van der Waals surface area contributed by atoms with Gasteiger partial charge in [-0.05, 0) is 37.3 Å². The van der Waals surface area contributed by atoms with Gasteiger partial charge in [0, 0.05) is 16.9 Å². The Balaban J connectivity index is 1.70. The maximum absolute atomic E-state index is 12.3. The van der Waals surface area contributed by atoms with Gasteiger partial charge in [-0.1, -0.05) is 35.5 Å². The third-order valence-corrected chi connectivity index (χ3v) is 4.59. The quantitative estimate of drug-likeness (QED) is 0.526. The highest BCUT2D eigenvalue weighted by Crippen LogP contribution is 2.25. The lowest BCUT2D eigenvalue weighted by Gasteiger charge is -2.11. The zero-order valence-electron chi connectivity index (χ0n) is 13.3. The van der Waals surface area contributed by atoms with Crippen LogP contribution in [0.5, 0.6) is 0 Å². The second-order valence-electron chi connectivity index (χ2n) is 5.15. The number of nitrogens with one attached hydrogen (secondary N) is 1. The molecule has 7 nitrogen and oxygen atoms in total. The first-order valence-corrected chi connectivity index (χ1v) is 8.65. The molecule has 3 aromatic rings. The van der Waals surface area contributed by atoms with Crippen molar-refractivity contribution in [1.82, 2.24) is 19.9 Å². The van der Waals surface area contributed by atoms with Gasteiger partial charge in [0.05, 0.1) is 5.25 Å². The molecule has 1 atom stereocenters. The van der Waals surface area contributed by atoms with E-state index in [0.29, 0.717) is 27.4 Å². The third kappa shape index (κ3) is 4.09. The number of halogens is 1. The van der Waals surface area contributed by atoms with Crippen LogP contribution in [0.2, 0.25) is 5.02 Å². The fraction of sp³-hybridized carbons (Fsp3) is 0.125. The molecule has 128 valence electrons. The van der Waals surface area contributed by atoms with Gasteiger partial charge in [-0.2, -0.15) is 0 Å². The Hall–Kier alpha value is -2.58. The number of carbonyl (C=O) groups is 1. The Morgan fingerprint density at radius 1 is 1.28 bits per heavy atom. The molecule has 2 aromatic heterocycles. The van der Waals surface area contributed by atoms with E-state index in [9.17, 15) is 4.79 Å². The number of carbonyl (C=O) groups excluding carboxylic acids is 1. The fourth-order valence-corrected chi connectivity index (χ4v) is 3.01. The normalized spacial score (nSPS) is 11.9. The standard InChI is InChI=1S/C16H15ClN6OS/c1-10(15(24)20-12-6-4-5-11(17)9-12)25-16-22-21-14(23(16)18)13-7-2-3-8-19-13/h2-10H,18H2,1H3,(H,20,24). The Labute approximate surface area is 153 Å². The molecule has 0 aliphatic carbocycles. The molecule has 2 heterocycles. The van der Waals surface area contributed by atoms with Crippen LogP contribution in [0.3, 0.4) is 0 Å². The van der Waals surface area contributed by atoms with Crippen LogP contribution in [-0.2, 0) is 4.79 Å². The van der Waals surface area contributed by atoms with Crippen LogP contribution < -0.4 is 11.2 Å². The summed E-state index contributed by atoms with van der Waals surface area (Å²) in [6.07, 6.45) is 1.65. The van der Waals surface area contributed by atoms with E-state index in [4.69, 9.17) is 17.4 Å². The van der Waals surface area contributed by atoms with Crippen molar-refractivity contribution >= 4 is 35.0 Å². The summed E-state index contributed by atoms with van der Waals surface area (Å²) in [5, 5.41) is 11.5. The molecular weight excluding hydrogens is 360 g/mol. The van der Waals surface area contributed by atoms with Gasteiger partial charge in [0.25, 0.3) is 0 Å². The van der Waals surface area contributed by atoms with Crippen molar-refractivity contribution in [3.63, 3.8) is 0 Å². The fourth-order valence-electron chi connectivity index (χ4n) is 2.05. The molecule has 3 N–H and O–H groups in total. The molecule has 0 radical (unpaired) electrons. The Kier molecular flexibility index (Phi) is 5.20. The van der Waals surface area contributed by atoms with Crippen molar-refractivity contribution in [3.05, 3.63) is 53.7 Å². The number of pyridine rings is 1. The number of amides is 1. The van der Waals surface area contributed by atoms with Crippen molar-refractivity contribution in [2.24, 2.45) is 0 Å². The monoisotopic (exact) mass is 374 g/mol. The second kappa shape index (κ2) is 7.54. The minimum absolute atomic E-state index is 0.186. The molecule has 0 bridgehead atoms. The summed E-state index contributed by atoms with van der Waals surface area (Å²) in [6.45, 7) is 1.76. The molecule has 0 fully saturated rings. The molecule has 9 heteroatoms. The van der Waals surface area contributed by atoms with Crippen molar-refractivity contribution in [2.45, 2.75) is 17.3 Å². The van der Waals surface area contributed by atoms with Gasteiger partial charge in [0.15, 0.2) is 0 Å². The minimum atomic E-state index is -0.429. The molecule has 1 unspecified atom stereocenters. The number of nitrogen functional groups attached to an aromatic ring is 1. The summed E-state index contributed by atoms with van der Waals surface area (Å²) in [5.74, 6) is 6.29. The zero-order valence-corrected chi connectivity index (χ0v) is 14.8. The Bertz CT molecular complexity index is 885.